The van der Waals surface area contributed by atoms with Crippen molar-refractivity contribution in [3.63, 3.8) is 0 Å². The molecule has 0 bridgehead atoms. The second kappa shape index (κ2) is 7.34. The van der Waals surface area contributed by atoms with Crippen molar-refractivity contribution in [1.82, 2.24) is 10.6 Å². The summed E-state index contributed by atoms with van der Waals surface area (Å²) < 4.78 is 0. The third-order valence-corrected chi connectivity index (χ3v) is 4.47. The molecule has 2 rings (SSSR count). The molecule has 0 radical (unpaired) electrons. The van der Waals surface area contributed by atoms with Gasteiger partial charge in [-0.1, -0.05) is 19.8 Å². The van der Waals surface area contributed by atoms with Gasteiger partial charge in [-0.15, -0.1) is 12.4 Å². The van der Waals surface area contributed by atoms with E-state index in [0.29, 0.717) is 11.3 Å². The Morgan fingerprint density at radius 2 is 1.89 bits per heavy atom. The van der Waals surface area contributed by atoms with Gasteiger partial charge in [0, 0.05) is 13.0 Å². The minimum atomic E-state index is 0. The molecule has 0 aromatic rings. The second-order valence-electron chi connectivity index (χ2n) is 6.19. The van der Waals surface area contributed by atoms with Gasteiger partial charge in [0.2, 0.25) is 5.91 Å². The molecule has 1 heterocycles. The molecule has 0 aromatic heterocycles. The fourth-order valence-electron chi connectivity index (χ4n) is 3.07. The van der Waals surface area contributed by atoms with Crippen LogP contribution in [0.5, 0.6) is 0 Å². The van der Waals surface area contributed by atoms with Gasteiger partial charge in [-0.25, -0.2) is 0 Å². The molecule has 2 N–H and O–H groups in total. The molecular weight excluding hydrogens is 248 g/mol. The number of carbonyl (C=O) groups excluding carboxylic acids is 1. The van der Waals surface area contributed by atoms with Gasteiger partial charge in [0.1, 0.15) is 0 Å². The number of piperidine rings is 1. The van der Waals surface area contributed by atoms with E-state index in [1.54, 1.807) is 0 Å². The minimum Gasteiger partial charge on any atom is -0.356 e. The van der Waals surface area contributed by atoms with Crippen molar-refractivity contribution in [1.29, 1.82) is 0 Å². The molecule has 106 valence electrons. The summed E-state index contributed by atoms with van der Waals surface area (Å²) in [6.45, 7) is 5.34. The van der Waals surface area contributed by atoms with Gasteiger partial charge in [0.25, 0.3) is 0 Å². The fraction of sp³-hybridized carbons (Fsp3) is 0.929. The lowest BCUT2D eigenvalue weighted by Gasteiger charge is -2.34. The molecule has 1 aliphatic heterocycles. The average Bonchev–Trinajstić information content (AvgIpc) is 2.80. The molecule has 0 atom stereocenters. The van der Waals surface area contributed by atoms with Crippen LogP contribution in [0.15, 0.2) is 0 Å². The number of halogens is 1. The number of hydrogen-bond acceptors (Lipinski definition) is 2. The Hall–Kier alpha value is -0.280. The van der Waals surface area contributed by atoms with E-state index in [9.17, 15) is 4.79 Å². The molecule has 1 aliphatic carbocycles. The molecule has 0 aromatic carbocycles. The number of hydrogen-bond donors (Lipinski definition) is 2. The maximum absolute atomic E-state index is 11.9. The molecule has 1 saturated carbocycles. The van der Waals surface area contributed by atoms with Gasteiger partial charge in [0.15, 0.2) is 0 Å². The predicted octanol–water partition coefficient (Wildman–Crippen LogP) is 2.49. The average molecular weight is 275 g/mol. The number of carbonyl (C=O) groups is 1. The van der Waals surface area contributed by atoms with Crippen molar-refractivity contribution >= 4 is 18.3 Å². The monoisotopic (exact) mass is 274 g/mol. The first-order valence-electron chi connectivity index (χ1n) is 7.15. The van der Waals surface area contributed by atoms with Crippen LogP contribution in [0.4, 0.5) is 0 Å². The van der Waals surface area contributed by atoms with Crippen LogP contribution in [0.25, 0.3) is 0 Å². The Balaban J connectivity index is 0.00000162. The summed E-state index contributed by atoms with van der Waals surface area (Å²) in [7, 11) is 0. The Kier molecular flexibility index (Phi) is 6.44. The Morgan fingerprint density at radius 3 is 2.50 bits per heavy atom. The highest BCUT2D eigenvalue weighted by atomic mass is 35.5. The zero-order valence-electron chi connectivity index (χ0n) is 11.5. The second-order valence-corrected chi connectivity index (χ2v) is 6.19. The molecule has 18 heavy (non-hydrogen) atoms. The van der Waals surface area contributed by atoms with Gasteiger partial charge in [-0.05, 0) is 50.1 Å². The maximum atomic E-state index is 11.9. The van der Waals surface area contributed by atoms with Gasteiger partial charge >= 0.3 is 0 Å². The number of nitrogens with one attached hydrogen (secondary N) is 2. The van der Waals surface area contributed by atoms with Gasteiger partial charge in [-0.2, -0.15) is 0 Å². The molecule has 1 saturated heterocycles. The van der Waals surface area contributed by atoms with Crippen LogP contribution in [0, 0.1) is 11.3 Å². The Labute approximate surface area is 117 Å². The summed E-state index contributed by atoms with van der Waals surface area (Å²) in [6.07, 6.45) is 8.27. The first-order chi connectivity index (χ1) is 8.18. The summed E-state index contributed by atoms with van der Waals surface area (Å²) in [5.74, 6) is 0.937. The summed E-state index contributed by atoms with van der Waals surface area (Å²) in [6, 6.07) is 0. The molecule has 0 unspecified atom stereocenters. The number of rotatable bonds is 4. The molecule has 3 nitrogen and oxygen atoms in total. The quantitative estimate of drug-likeness (QED) is 0.827. The topological polar surface area (TPSA) is 41.1 Å². The lowest BCUT2D eigenvalue weighted by atomic mass is 9.81. The highest BCUT2D eigenvalue weighted by Crippen LogP contribution is 2.28. The van der Waals surface area contributed by atoms with Crippen molar-refractivity contribution in [2.24, 2.45) is 11.3 Å². The third-order valence-electron chi connectivity index (χ3n) is 4.47. The third kappa shape index (κ3) is 4.77. The lowest BCUT2D eigenvalue weighted by Crippen LogP contribution is -2.43. The molecular formula is C14H27ClN2O. The standard InChI is InChI=1S/C14H26N2O.ClH/c1-14(6-8-15-9-7-14)11-16-13(17)10-12-4-2-3-5-12;/h12,15H,2-11H2,1H3,(H,16,17);1H. The van der Waals surface area contributed by atoms with Crippen molar-refractivity contribution in [2.75, 3.05) is 19.6 Å². The van der Waals surface area contributed by atoms with E-state index < -0.39 is 0 Å². The molecule has 1 amide bonds. The smallest absolute Gasteiger partial charge is 0.220 e. The summed E-state index contributed by atoms with van der Waals surface area (Å²) >= 11 is 0. The van der Waals surface area contributed by atoms with Gasteiger partial charge in [-0.3, -0.25) is 4.79 Å². The molecule has 2 fully saturated rings. The zero-order valence-corrected chi connectivity index (χ0v) is 12.3. The van der Waals surface area contributed by atoms with E-state index in [2.05, 4.69) is 17.6 Å². The van der Waals surface area contributed by atoms with E-state index in [-0.39, 0.29) is 18.3 Å². The predicted molar refractivity (Wildman–Crippen MR) is 77.0 cm³/mol. The first-order valence-corrected chi connectivity index (χ1v) is 7.15. The molecule has 2 aliphatic rings. The normalized spacial score (nSPS) is 23.4. The first kappa shape index (κ1) is 15.8. The van der Waals surface area contributed by atoms with Crippen LogP contribution >= 0.6 is 12.4 Å². The maximum Gasteiger partial charge on any atom is 0.220 e. The lowest BCUT2D eigenvalue weighted by molar-refractivity contribution is -0.122. The van der Waals surface area contributed by atoms with Crippen LogP contribution in [0.1, 0.15) is 51.9 Å². The van der Waals surface area contributed by atoms with Crippen molar-refractivity contribution in [3.05, 3.63) is 0 Å². The molecule has 4 heteroatoms. The van der Waals surface area contributed by atoms with Crippen molar-refractivity contribution < 1.29 is 4.79 Å². The van der Waals surface area contributed by atoms with Crippen LogP contribution in [-0.2, 0) is 4.79 Å². The van der Waals surface area contributed by atoms with Gasteiger partial charge < -0.3 is 10.6 Å². The SMILES string of the molecule is CC1(CNC(=O)CC2CCCC2)CCNCC1.Cl. The Bertz CT molecular complexity index is 259. The van der Waals surface area contributed by atoms with Gasteiger partial charge in [0.05, 0.1) is 0 Å². The van der Waals surface area contributed by atoms with Crippen LogP contribution in [-0.4, -0.2) is 25.5 Å². The van der Waals surface area contributed by atoms with E-state index in [1.165, 1.54) is 38.5 Å². The summed E-state index contributed by atoms with van der Waals surface area (Å²) in [5, 5.41) is 6.53. The van der Waals surface area contributed by atoms with E-state index in [4.69, 9.17) is 0 Å². The summed E-state index contributed by atoms with van der Waals surface area (Å²) in [5.41, 5.74) is 0.316. The summed E-state index contributed by atoms with van der Waals surface area (Å²) in [4.78, 5) is 11.9. The van der Waals surface area contributed by atoms with E-state index in [1.807, 2.05) is 0 Å². The van der Waals surface area contributed by atoms with Crippen LogP contribution in [0.3, 0.4) is 0 Å². The highest BCUT2D eigenvalue weighted by Gasteiger charge is 2.27. The van der Waals surface area contributed by atoms with Crippen LogP contribution < -0.4 is 10.6 Å². The van der Waals surface area contributed by atoms with Crippen molar-refractivity contribution in [2.45, 2.75) is 51.9 Å². The zero-order chi connectivity index (χ0) is 12.1. The van der Waals surface area contributed by atoms with E-state index in [0.717, 1.165) is 26.1 Å². The molecule has 0 spiro atoms. The fourth-order valence-corrected chi connectivity index (χ4v) is 3.07. The number of amides is 1. The van der Waals surface area contributed by atoms with E-state index >= 15 is 0 Å². The largest absolute Gasteiger partial charge is 0.356 e. The minimum absolute atomic E-state index is 0. The van der Waals surface area contributed by atoms with Crippen LogP contribution in [0.2, 0.25) is 0 Å². The van der Waals surface area contributed by atoms with Crippen molar-refractivity contribution in [3.8, 4) is 0 Å². The Morgan fingerprint density at radius 1 is 1.28 bits per heavy atom. The highest BCUT2D eigenvalue weighted by molar-refractivity contribution is 5.85.